The van der Waals surface area contributed by atoms with Gasteiger partial charge in [-0.15, -0.1) is 0 Å². The number of nitrogens with zero attached hydrogens (tertiary/aromatic N) is 1. The van der Waals surface area contributed by atoms with Gasteiger partial charge < -0.3 is 14.0 Å². The minimum absolute atomic E-state index is 0.0461. The van der Waals surface area contributed by atoms with E-state index < -0.39 is 11.4 Å². The van der Waals surface area contributed by atoms with Crippen molar-refractivity contribution in [1.82, 2.24) is 4.57 Å². The fraction of sp³-hybridized carbons (Fsp3) is 0.524. The highest BCUT2D eigenvalue weighted by Gasteiger charge is 2.29. The zero-order chi connectivity index (χ0) is 21.2. The minimum atomic E-state index is -0.508. The highest BCUT2D eigenvalue weighted by molar-refractivity contribution is 6.42. The molecule has 0 unspecified atom stereocenters. The van der Waals surface area contributed by atoms with Gasteiger partial charge in [0.1, 0.15) is 5.02 Å². The van der Waals surface area contributed by atoms with Crippen LogP contribution in [0.3, 0.4) is 0 Å². The number of esters is 1. The maximum absolute atomic E-state index is 12.8. The zero-order valence-corrected chi connectivity index (χ0v) is 18.7. The van der Waals surface area contributed by atoms with Gasteiger partial charge in [-0.25, -0.2) is 4.79 Å². The topological polar surface area (TPSA) is 57.5 Å². The van der Waals surface area contributed by atoms with Crippen molar-refractivity contribution < 1.29 is 14.3 Å². The van der Waals surface area contributed by atoms with Crippen LogP contribution in [0.15, 0.2) is 17.1 Å². The average molecular weight is 428 g/mol. The molecule has 154 valence electrons. The summed E-state index contributed by atoms with van der Waals surface area (Å²) in [6.45, 7) is 13.0. The molecule has 1 heterocycles. The van der Waals surface area contributed by atoms with Crippen LogP contribution < -0.4 is 10.2 Å². The van der Waals surface area contributed by atoms with Crippen LogP contribution in [0.5, 0.6) is 5.75 Å². The summed E-state index contributed by atoms with van der Waals surface area (Å²) in [5, 5.41) is 0.0760. The predicted molar refractivity (Wildman–Crippen MR) is 113 cm³/mol. The Morgan fingerprint density at radius 1 is 1.21 bits per heavy atom. The Labute approximate surface area is 175 Å². The standard InChI is InChI=1S/C21H27Cl2NO4/c1-7-27-20(26)17-19(28-10-12(2)3)13-8-15(22)16(23)18(25)14(13)9-24(17)11-21(4,5)6/h8-9,12H,7,10-11H2,1-6H3. The Morgan fingerprint density at radius 2 is 1.86 bits per heavy atom. The molecule has 2 rings (SSSR count). The van der Waals surface area contributed by atoms with Crippen LogP contribution in [0, 0.1) is 11.3 Å². The summed E-state index contributed by atoms with van der Waals surface area (Å²) in [5.41, 5.74) is 0.520. The van der Waals surface area contributed by atoms with Gasteiger partial charge in [0.15, 0.2) is 11.4 Å². The van der Waals surface area contributed by atoms with Crippen LogP contribution in [-0.2, 0) is 11.3 Å². The van der Waals surface area contributed by atoms with Crippen molar-refractivity contribution in [3.05, 3.63) is 38.2 Å². The highest BCUT2D eigenvalue weighted by Crippen LogP contribution is 2.39. The van der Waals surface area contributed by atoms with E-state index in [0.29, 0.717) is 30.0 Å². The lowest BCUT2D eigenvalue weighted by Crippen LogP contribution is -2.25. The molecule has 0 saturated heterocycles. The van der Waals surface area contributed by atoms with E-state index in [-0.39, 0.29) is 33.7 Å². The van der Waals surface area contributed by atoms with Gasteiger partial charge in [-0.1, -0.05) is 57.8 Å². The Hall–Kier alpha value is -1.72. The second kappa shape index (κ2) is 8.75. The lowest BCUT2D eigenvalue weighted by molar-refractivity contribution is 0.0503. The molecule has 0 aromatic rings. The van der Waals surface area contributed by atoms with E-state index >= 15 is 0 Å². The number of benzene rings is 1. The van der Waals surface area contributed by atoms with Gasteiger partial charge in [0, 0.05) is 18.3 Å². The van der Waals surface area contributed by atoms with Crippen molar-refractivity contribution in [2.24, 2.45) is 11.3 Å². The van der Waals surface area contributed by atoms with E-state index in [9.17, 15) is 9.59 Å². The first-order valence-electron chi connectivity index (χ1n) is 9.31. The number of ether oxygens (including phenoxy) is 2. The number of carbonyl (C=O) groups is 1. The number of hydrogen-bond acceptors (Lipinski definition) is 4. The van der Waals surface area contributed by atoms with E-state index in [1.54, 1.807) is 23.8 Å². The third kappa shape index (κ3) is 5.00. The van der Waals surface area contributed by atoms with Gasteiger partial charge in [0.25, 0.3) is 0 Å². The molecule has 0 aromatic carbocycles. The molecule has 1 aliphatic heterocycles. The first-order valence-corrected chi connectivity index (χ1v) is 10.1. The summed E-state index contributed by atoms with van der Waals surface area (Å²) in [4.78, 5) is 25.6. The van der Waals surface area contributed by atoms with Crippen molar-refractivity contribution in [2.45, 2.75) is 48.1 Å². The van der Waals surface area contributed by atoms with Crippen LogP contribution in [0.1, 0.15) is 52.0 Å². The second-order valence-corrected chi connectivity index (χ2v) is 9.17. The average Bonchev–Trinajstić information content (AvgIpc) is 2.57. The van der Waals surface area contributed by atoms with Crippen LogP contribution in [0.25, 0.3) is 11.1 Å². The molecule has 28 heavy (non-hydrogen) atoms. The Balaban J connectivity index is 2.90. The van der Waals surface area contributed by atoms with Crippen molar-refractivity contribution >= 4 is 29.2 Å². The molecule has 1 aliphatic carbocycles. The molecule has 0 N–H and O–H groups in total. The molecular formula is C21H27Cl2NO4. The summed E-state index contributed by atoms with van der Waals surface area (Å²) >= 11 is 12.2. The predicted octanol–water partition coefficient (Wildman–Crippen LogP) is 5.52. The highest BCUT2D eigenvalue weighted by atomic mass is 35.5. The fourth-order valence-corrected chi connectivity index (χ4v) is 3.20. The third-order valence-electron chi connectivity index (χ3n) is 3.92. The van der Waals surface area contributed by atoms with Gasteiger partial charge in [-0.2, -0.15) is 0 Å². The molecule has 0 spiro atoms. The van der Waals surface area contributed by atoms with Gasteiger partial charge >= 0.3 is 5.97 Å². The SMILES string of the molecule is CCOC(=O)c1c(OCC(C)C)c2cc(Cl)c(Cl)c(=O)c-2cn1CC(C)(C)C. The van der Waals surface area contributed by atoms with E-state index in [4.69, 9.17) is 32.7 Å². The Bertz CT molecular complexity index is 897. The number of fused-ring (bicyclic) bond motifs is 1. The van der Waals surface area contributed by atoms with Crippen molar-refractivity contribution in [1.29, 1.82) is 0 Å². The molecule has 0 bridgehead atoms. The zero-order valence-electron chi connectivity index (χ0n) is 17.2. The molecule has 0 aromatic heterocycles. The van der Waals surface area contributed by atoms with Gasteiger partial charge in [-0.3, -0.25) is 4.79 Å². The van der Waals surface area contributed by atoms with Crippen molar-refractivity contribution in [2.75, 3.05) is 13.2 Å². The summed E-state index contributed by atoms with van der Waals surface area (Å²) in [5.74, 6) is 0.00589. The van der Waals surface area contributed by atoms with E-state index in [1.165, 1.54) is 0 Å². The molecular weight excluding hydrogens is 401 g/mol. The number of hydrogen-bond donors (Lipinski definition) is 0. The summed E-state index contributed by atoms with van der Waals surface area (Å²) in [6.07, 6.45) is 1.64. The maximum Gasteiger partial charge on any atom is 0.358 e. The monoisotopic (exact) mass is 427 g/mol. The maximum atomic E-state index is 12.8. The molecule has 0 amide bonds. The summed E-state index contributed by atoms with van der Waals surface area (Å²) in [6, 6.07) is 1.57. The molecule has 0 saturated carbocycles. The van der Waals surface area contributed by atoms with E-state index in [1.807, 2.05) is 34.6 Å². The van der Waals surface area contributed by atoms with Gasteiger partial charge in [-0.05, 0) is 24.3 Å². The quantitative estimate of drug-likeness (QED) is 0.569. The van der Waals surface area contributed by atoms with Crippen LogP contribution in [-0.4, -0.2) is 23.8 Å². The van der Waals surface area contributed by atoms with Gasteiger partial charge in [0.05, 0.1) is 23.8 Å². The summed E-state index contributed by atoms with van der Waals surface area (Å²) < 4.78 is 13.0. The lowest BCUT2D eigenvalue weighted by Gasteiger charge is -2.27. The Morgan fingerprint density at radius 3 is 2.39 bits per heavy atom. The molecule has 0 radical (unpaired) electrons. The Kier molecular flexibility index (Phi) is 7.05. The molecule has 5 nitrogen and oxygen atoms in total. The third-order valence-corrected chi connectivity index (χ3v) is 4.69. The number of rotatable bonds is 6. The normalized spacial score (nSPS) is 11.9. The smallest absolute Gasteiger partial charge is 0.358 e. The number of pyridine rings is 1. The fourth-order valence-electron chi connectivity index (χ4n) is 2.85. The van der Waals surface area contributed by atoms with Crippen LogP contribution in [0.4, 0.5) is 0 Å². The van der Waals surface area contributed by atoms with Crippen LogP contribution in [0.2, 0.25) is 10.0 Å². The number of halogens is 2. The second-order valence-electron chi connectivity index (χ2n) is 8.38. The van der Waals surface area contributed by atoms with Crippen molar-refractivity contribution in [3.8, 4) is 16.9 Å². The molecule has 2 aliphatic rings. The number of aromatic nitrogens is 1. The lowest BCUT2D eigenvalue weighted by atomic mass is 9.95. The molecule has 7 heteroatoms. The van der Waals surface area contributed by atoms with Crippen LogP contribution >= 0.6 is 23.2 Å². The van der Waals surface area contributed by atoms with E-state index in [0.717, 1.165) is 0 Å². The first kappa shape index (κ1) is 22.6. The molecule has 0 atom stereocenters. The van der Waals surface area contributed by atoms with Gasteiger partial charge in [0.2, 0.25) is 5.43 Å². The largest absolute Gasteiger partial charge is 0.490 e. The van der Waals surface area contributed by atoms with Crippen molar-refractivity contribution in [3.63, 3.8) is 0 Å². The molecule has 0 fully saturated rings. The van der Waals surface area contributed by atoms with E-state index in [2.05, 4.69) is 0 Å². The minimum Gasteiger partial charge on any atom is -0.490 e. The first-order chi connectivity index (χ1) is 13.0. The number of carbonyl (C=O) groups excluding carboxylic acids is 1. The summed E-state index contributed by atoms with van der Waals surface area (Å²) in [7, 11) is 0.